The van der Waals surface area contributed by atoms with Crippen LogP contribution in [0.4, 0.5) is 10.5 Å². The summed E-state index contributed by atoms with van der Waals surface area (Å²) >= 11 is 0. The molecule has 1 aliphatic rings. The van der Waals surface area contributed by atoms with Gasteiger partial charge in [-0.1, -0.05) is 30.3 Å². The van der Waals surface area contributed by atoms with Crippen molar-refractivity contribution < 1.29 is 14.3 Å². The lowest BCUT2D eigenvalue weighted by Gasteiger charge is -2.12. The summed E-state index contributed by atoms with van der Waals surface area (Å²) in [6, 6.07) is 14.0. The molecule has 0 spiro atoms. The number of amides is 2. The molecule has 0 atom stereocenters. The molecular formula is C18H18N2O3. The molecule has 0 saturated heterocycles. The molecule has 1 aliphatic carbocycles. The van der Waals surface area contributed by atoms with Crippen molar-refractivity contribution in [1.29, 1.82) is 0 Å². The summed E-state index contributed by atoms with van der Waals surface area (Å²) in [5.74, 6) is 0.416. The van der Waals surface area contributed by atoms with Crippen molar-refractivity contribution in [3.05, 3.63) is 59.7 Å². The molecular weight excluding hydrogens is 292 g/mol. The van der Waals surface area contributed by atoms with Gasteiger partial charge in [0.25, 0.3) is 0 Å². The Bertz CT molecular complexity index is 724. The van der Waals surface area contributed by atoms with Crippen LogP contribution in [0.15, 0.2) is 48.5 Å². The molecule has 0 bridgehead atoms. The van der Waals surface area contributed by atoms with Crippen molar-refractivity contribution in [2.45, 2.75) is 18.9 Å². The van der Waals surface area contributed by atoms with Gasteiger partial charge in [-0.25, -0.2) is 4.79 Å². The van der Waals surface area contributed by atoms with Crippen molar-refractivity contribution in [2.75, 3.05) is 12.4 Å². The number of urea groups is 1. The number of ketones is 1. The van der Waals surface area contributed by atoms with Crippen molar-refractivity contribution >= 4 is 17.5 Å². The summed E-state index contributed by atoms with van der Waals surface area (Å²) in [6.45, 7) is 0. The number of hydrogen-bond donors (Lipinski definition) is 2. The van der Waals surface area contributed by atoms with Crippen LogP contribution < -0.4 is 15.4 Å². The molecule has 0 aliphatic heterocycles. The van der Waals surface area contributed by atoms with Crippen LogP contribution >= 0.6 is 0 Å². The average Bonchev–Trinajstić information content (AvgIpc) is 3.38. The van der Waals surface area contributed by atoms with Gasteiger partial charge >= 0.3 is 6.03 Å². The molecule has 5 nitrogen and oxygen atoms in total. The van der Waals surface area contributed by atoms with Crippen LogP contribution in [0.3, 0.4) is 0 Å². The van der Waals surface area contributed by atoms with Gasteiger partial charge in [0.2, 0.25) is 0 Å². The second kappa shape index (κ2) is 6.52. The maximum Gasteiger partial charge on any atom is 0.319 e. The van der Waals surface area contributed by atoms with Crippen LogP contribution in [0, 0.1) is 0 Å². The zero-order valence-electron chi connectivity index (χ0n) is 12.8. The summed E-state index contributed by atoms with van der Waals surface area (Å²) in [5.41, 5.74) is 1.58. The Morgan fingerprint density at radius 2 is 1.78 bits per heavy atom. The van der Waals surface area contributed by atoms with E-state index >= 15 is 0 Å². The molecule has 1 fully saturated rings. The Kier molecular flexibility index (Phi) is 4.28. The third-order valence-corrected chi connectivity index (χ3v) is 3.66. The number of carbonyl (C=O) groups is 2. The first-order valence-corrected chi connectivity index (χ1v) is 7.52. The van der Waals surface area contributed by atoms with E-state index in [1.807, 2.05) is 18.2 Å². The van der Waals surface area contributed by atoms with Crippen LogP contribution in [0.5, 0.6) is 5.75 Å². The zero-order chi connectivity index (χ0) is 16.2. The first kappa shape index (κ1) is 15.1. The highest BCUT2D eigenvalue weighted by molar-refractivity contribution is 6.10. The predicted octanol–water partition coefficient (Wildman–Crippen LogP) is 3.21. The van der Waals surface area contributed by atoms with E-state index < -0.39 is 0 Å². The Morgan fingerprint density at radius 3 is 2.43 bits per heavy atom. The molecule has 0 radical (unpaired) electrons. The standard InChI is InChI=1S/C18H18N2O3/c1-23-16-10-7-13(17(21)12-5-3-2-4-6-12)11-15(16)20-18(22)19-14-8-9-14/h2-7,10-11,14H,8-9H2,1H3,(H2,19,20,22). The quantitative estimate of drug-likeness (QED) is 0.833. The highest BCUT2D eigenvalue weighted by Gasteiger charge is 2.23. The molecule has 3 rings (SSSR count). The summed E-state index contributed by atoms with van der Waals surface area (Å²) in [6.07, 6.45) is 2.02. The molecule has 2 N–H and O–H groups in total. The van der Waals surface area contributed by atoms with E-state index in [0.29, 0.717) is 22.6 Å². The molecule has 0 unspecified atom stereocenters. The van der Waals surface area contributed by atoms with Gasteiger partial charge in [0, 0.05) is 17.2 Å². The SMILES string of the molecule is COc1ccc(C(=O)c2ccccc2)cc1NC(=O)NC1CC1. The van der Waals surface area contributed by atoms with Gasteiger partial charge in [0.05, 0.1) is 12.8 Å². The van der Waals surface area contributed by atoms with Crippen LogP contribution in [-0.4, -0.2) is 25.0 Å². The number of benzene rings is 2. The Balaban J connectivity index is 1.83. The van der Waals surface area contributed by atoms with Crippen molar-refractivity contribution in [3.8, 4) is 5.75 Å². The summed E-state index contributed by atoms with van der Waals surface area (Å²) in [4.78, 5) is 24.4. The number of nitrogens with one attached hydrogen (secondary N) is 2. The van der Waals surface area contributed by atoms with Gasteiger partial charge in [-0.05, 0) is 31.0 Å². The average molecular weight is 310 g/mol. The van der Waals surface area contributed by atoms with Crippen LogP contribution in [0.25, 0.3) is 0 Å². The monoisotopic (exact) mass is 310 g/mol. The normalized spacial score (nSPS) is 13.3. The van der Waals surface area contributed by atoms with E-state index in [-0.39, 0.29) is 17.9 Å². The largest absolute Gasteiger partial charge is 0.495 e. The minimum absolute atomic E-state index is 0.0982. The van der Waals surface area contributed by atoms with Crippen molar-refractivity contribution in [2.24, 2.45) is 0 Å². The minimum Gasteiger partial charge on any atom is -0.495 e. The Hall–Kier alpha value is -2.82. The van der Waals surface area contributed by atoms with Gasteiger partial charge < -0.3 is 15.4 Å². The van der Waals surface area contributed by atoms with E-state index in [0.717, 1.165) is 12.8 Å². The van der Waals surface area contributed by atoms with Crippen LogP contribution in [0.2, 0.25) is 0 Å². The highest BCUT2D eigenvalue weighted by atomic mass is 16.5. The number of anilines is 1. The number of methoxy groups -OCH3 is 1. The fourth-order valence-corrected chi connectivity index (χ4v) is 2.27. The number of hydrogen-bond acceptors (Lipinski definition) is 3. The fourth-order valence-electron chi connectivity index (χ4n) is 2.27. The lowest BCUT2D eigenvalue weighted by atomic mass is 10.0. The predicted molar refractivity (Wildman–Crippen MR) is 88.0 cm³/mol. The number of carbonyl (C=O) groups excluding carboxylic acids is 2. The zero-order valence-corrected chi connectivity index (χ0v) is 12.8. The van der Waals surface area contributed by atoms with Gasteiger partial charge in [-0.3, -0.25) is 4.79 Å². The topological polar surface area (TPSA) is 67.4 Å². The molecule has 0 aromatic heterocycles. The van der Waals surface area contributed by atoms with E-state index in [4.69, 9.17) is 4.74 Å². The maximum atomic E-state index is 12.5. The smallest absolute Gasteiger partial charge is 0.319 e. The summed E-state index contributed by atoms with van der Waals surface area (Å²) in [5, 5.41) is 5.60. The first-order valence-electron chi connectivity index (χ1n) is 7.52. The lowest BCUT2D eigenvalue weighted by Crippen LogP contribution is -2.30. The summed E-state index contributed by atoms with van der Waals surface area (Å²) < 4.78 is 5.25. The Labute approximate surface area is 134 Å². The van der Waals surface area contributed by atoms with Crippen molar-refractivity contribution in [3.63, 3.8) is 0 Å². The van der Waals surface area contributed by atoms with Gasteiger partial charge in [-0.15, -0.1) is 0 Å². The summed E-state index contributed by atoms with van der Waals surface area (Å²) in [7, 11) is 1.53. The van der Waals surface area contributed by atoms with E-state index in [1.54, 1.807) is 30.3 Å². The second-order valence-corrected chi connectivity index (χ2v) is 5.48. The maximum absolute atomic E-state index is 12.5. The van der Waals surface area contributed by atoms with Gasteiger partial charge in [0.15, 0.2) is 5.78 Å². The molecule has 2 aromatic rings. The fraction of sp³-hybridized carbons (Fsp3) is 0.222. The molecule has 1 saturated carbocycles. The minimum atomic E-state index is -0.282. The van der Waals surface area contributed by atoms with Crippen molar-refractivity contribution in [1.82, 2.24) is 5.32 Å². The number of ether oxygens (including phenoxy) is 1. The van der Waals surface area contributed by atoms with Gasteiger partial charge in [0.1, 0.15) is 5.75 Å². The first-order chi connectivity index (χ1) is 11.2. The van der Waals surface area contributed by atoms with Crippen LogP contribution in [-0.2, 0) is 0 Å². The molecule has 2 amide bonds. The van der Waals surface area contributed by atoms with Gasteiger partial charge in [-0.2, -0.15) is 0 Å². The molecule has 23 heavy (non-hydrogen) atoms. The third-order valence-electron chi connectivity index (χ3n) is 3.66. The molecule has 2 aromatic carbocycles. The molecule has 5 heteroatoms. The molecule has 118 valence electrons. The second-order valence-electron chi connectivity index (χ2n) is 5.48. The molecule has 0 heterocycles. The van der Waals surface area contributed by atoms with Crippen LogP contribution in [0.1, 0.15) is 28.8 Å². The van der Waals surface area contributed by atoms with E-state index in [1.165, 1.54) is 7.11 Å². The number of rotatable bonds is 5. The van der Waals surface area contributed by atoms with E-state index in [2.05, 4.69) is 10.6 Å². The third kappa shape index (κ3) is 3.69. The highest BCUT2D eigenvalue weighted by Crippen LogP contribution is 2.27. The van der Waals surface area contributed by atoms with E-state index in [9.17, 15) is 9.59 Å². The Morgan fingerprint density at radius 1 is 1.04 bits per heavy atom. The lowest BCUT2D eigenvalue weighted by molar-refractivity contribution is 0.103.